The molecule has 6 heteroatoms. The standard InChI is InChI=1S/C13H12ClNO4/c1-7(17)10-11(8-2-4-9(14)5-3-8)15(6-16)13(19)12(10)18/h2-5,11,16,18H,6H2,1H3. The van der Waals surface area contributed by atoms with Gasteiger partial charge in [-0.05, 0) is 24.6 Å². The average Bonchev–Trinajstić information content (AvgIpc) is 2.63. The minimum absolute atomic E-state index is 0.0126. The highest BCUT2D eigenvalue weighted by Gasteiger charge is 2.41. The summed E-state index contributed by atoms with van der Waals surface area (Å²) in [6.07, 6.45) is 0. The SMILES string of the molecule is CC(=O)C1=C(O)C(=O)N(CO)C1c1ccc(Cl)cc1. The molecule has 0 radical (unpaired) electrons. The molecular formula is C13H12ClNO4. The van der Waals surface area contributed by atoms with Gasteiger partial charge in [-0.25, -0.2) is 0 Å². The van der Waals surface area contributed by atoms with Crippen molar-refractivity contribution < 1.29 is 19.8 Å². The first kappa shape index (κ1) is 13.6. The number of benzene rings is 1. The highest BCUT2D eigenvalue weighted by atomic mass is 35.5. The fraction of sp³-hybridized carbons (Fsp3) is 0.231. The van der Waals surface area contributed by atoms with Crippen molar-refractivity contribution in [3.63, 3.8) is 0 Å². The van der Waals surface area contributed by atoms with Crippen LogP contribution in [0.25, 0.3) is 0 Å². The minimum Gasteiger partial charge on any atom is -0.503 e. The Kier molecular flexibility index (Phi) is 3.59. The van der Waals surface area contributed by atoms with Crippen LogP contribution in [-0.4, -0.2) is 33.5 Å². The van der Waals surface area contributed by atoms with Gasteiger partial charge in [0.1, 0.15) is 6.73 Å². The van der Waals surface area contributed by atoms with Crippen LogP contribution < -0.4 is 0 Å². The van der Waals surface area contributed by atoms with Gasteiger partial charge in [-0.3, -0.25) is 9.59 Å². The monoisotopic (exact) mass is 281 g/mol. The van der Waals surface area contributed by atoms with Crippen molar-refractivity contribution in [3.05, 3.63) is 46.2 Å². The third kappa shape index (κ3) is 2.22. The molecule has 0 fully saturated rings. The molecule has 1 heterocycles. The van der Waals surface area contributed by atoms with Gasteiger partial charge >= 0.3 is 0 Å². The highest BCUT2D eigenvalue weighted by molar-refractivity contribution is 6.30. The molecule has 19 heavy (non-hydrogen) atoms. The van der Waals surface area contributed by atoms with E-state index in [2.05, 4.69) is 0 Å². The van der Waals surface area contributed by atoms with Gasteiger partial charge in [-0.1, -0.05) is 23.7 Å². The lowest BCUT2D eigenvalue weighted by atomic mass is 9.97. The summed E-state index contributed by atoms with van der Waals surface area (Å²) in [7, 11) is 0. The van der Waals surface area contributed by atoms with E-state index in [0.717, 1.165) is 4.90 Å². The summed E-state index contributed by atoms with van der Waals surface area (Å²) in [5.41, 5.74) is 0.586. The molecule has 1 aliphatic rings. The first-order valence-electron chi connectivity index (χ1n) is 5.58. The molecule has 1 aromatic carbocycles. The zero-order valence-corrected chi connectivity index (χ0v) is 10.9. The van der Waals surface area contributed by atoms with E-state index in [9.17, 15) is 19.8 Å². The van der Waals surface area contributed by atoms with Crippen LogP contribution in [0.15, 0.2) is 35.6 Å². The average molecular weight is 282 g/mol. The molecule has 0 aromatic heterocycles. The molecule has 1 aliphatic heterocycles. The summed E-state index contributed by atoms with van der Waals surface area (Å²) < 4.78 is 0. The summed E-state index contributed by atoms with van der Waals surface area (Å²) in [6, 6.07) is 5.73. The second-order valence-corrected chi connectivity index (χ2v) is 4.63. The van der Waals surface area contributed by atoms with E-state index in [1.807, 2.05) is 0 Å². The number of carbonyl (C=O) groups excluding carboxylic acids is 2. The third-order valence-electron chi connectivity index (χ3n) is 3.02. The first-order valence-corrected chi connectivity index (χ1v) is 5.96. The molecule has 5 nitrogen and oxygen atoms in total. The molecule has 1 amide bonds. The maximum Gasteiger partial charge on any atom is 0.291 e. The third-order valence-corrected chi connectivity index (χ3v) is 3.27. The molecule has 100 valence electrons. The fourth-order valence-corrected chi connectivity index (χ4v) is 2.28. The van der Waals surface area contributed by atoms with E-state index in [-0.39, 0.29) is 5.57 Å². The zero-order chi connectivity index (χ0) is 14.2. The Balaban J connectivity index is 2.54. The van der Waals surface area contributed by atoms with Gasteiger partial charge in [0.15, 0.2) is 11.5 Å². The number of aliphatic hydroxyl groups excluding tert-OH is 2. The lowest BCUT2D eigenvalue weighted by Gasteiger charge is -2.24. The largest absolute Gasteiger partial charge is 0.503 e. The predicted octanol–water partition coefficient (Wildman–Crippen LogP) is 1.57. The van der Waals surface area contributed by atoms with E-state index in [1.54, 1.807) is 24.3 Å². The van der Waals surface area contributed by atoms with Crippen molar-refractivity contribution in [2.75, 3.05) is 6.73 Å². The predicted molar refractivity (Wildman–Crippen MR) is 68.5 cm³/mol. The van der Waals surface area contributed by atoms with Gasteiger partial charge in [0.05, 0.1) is 11.6 Å². The topological polar surface area (TPSA) is 77.8 Å². The van der Waals surface area contributed by atoms with Crippen LogP contribution in [0, 0.1) is 0 Å². The number of aliphatic hydroxyl groups is 2. The molecule has 1 atom stereocenters. The van der Waals surface area contributed by atoms with Crippen molar-refractivity contribution in [3.8, 4) is 0 Å². The van der Waals surface area contributed by atoms with Crippen LogP contribution in [-0.2, 0) is 9.59 Å². The number of halogens is 1. The van der Waals surface area contributed by atoms with Crippen LogP contribution >= 0.6 is 11.6 Å². The van der Waals surface area contributed by atoms with Crippen molar-refractivity contribution in [2.45, 2.75) is 13.0 Å². The lowest BCUT2D eigenvalue weighted by molar-refractivity contribution is -0.133. The van der Waals surface area contributed by atoms with Gasteiger partial charge in [-0.2, -0.15) is 0 Å². The van der Waals surface area contributed by atoms with Gasteiger partial charge in [-0.15, -0.1) is 0 Å². The Morgan fingerprint density at radius 1 is 1.37 bits per heavy atom. The van der Waals surface area contributed by atoms with Crippen molar-refractivity contribution in [2.24, 2.45) is 0 Å². The van der Waals surface area contributed by atoms with Crippen LogP contribution in [0.5, 0.6) is 0 Å². The summed E-state index contributed by atoms with van der Waals surface area (Å²) in [5.74, 6) is -1.78. The van der Waals surface area contributed by atoms with Crippen molar-refractivity contribution in [1.29, 1.82) is 0 Å². The Bertz CT molecular complexity index is 565. The second kappa shape index (κ2) is 5.03. The van der Waals surface area contributed by atoms with Gasteiger partial charge in [0.2, 0.25) is 0 Å². The summed E-state index contributed by atoms with van der Waals surface area (Å²) in [4.78, 5) is 24.4. The molecule has 0 saturated heterocycles. The smallest absolute Gasteiger partial charge is 0.291 e. The molecule has 0 saturated carbocycles. The Morgan fingerprint density at radius 3 is 2.42 bits per heavy atom. The van der Waals surface area contributed by atoms with Gasteiger partial charge in [0, 0.05) is 5.02 Å². The number of nitrogens with zero attached hydrogens (tertiary/aromatic N) is 1. The number of rotatable bonds is 3. The summed E-state index contributed by atoms with van der Waals surface area (Å²) in [6.45, 7) is 0.676. The molecule has 2 rings (SSSR count). The first-order chi connectivity index (χ1) is 8.97. The summed E-state index contributed by atoms with van der Waals surface area (Å²) in [5, 5.41) is 19.5. The van der Waals surface area contributed by atoms with Crippen LogP contribution in [0.4, 0.5) is 0 Å². The Labute approximate surface area is 114 Å². The molecule has 2 N–H and O–H groups in total. The van der Waals surface area contributed by atoms with Gasteiger partial charge < -0.3 is 15.1 Å². The van der Waals surface area contributed by atoms with E-state index in [4.69, 9.17) is 11.6 Å². The van der Waals surface area contributed by atoms with Crippen LogP contribution in [0.2, 0.25) is 5.02 Å². The number of hydrogen-bond acceptors (Lipinski definition) is 4. The Morgan fingerprint density at radius 2 is 1.95 bits per heavy atom. The Hall–Kier alpha value is -1.85. The molecular weight excluding hydrogens is 270 g/mol. The number of carbonyl (C=O) groups is 2. The van der Waals surface area contributed by atoms with E-state index in [1.165, 1.54) is 6.92 Å². The highest BCUT2D eigenvalue weighted by Crippen LogP contribution is 2.37. The van der Waals surface area contributed by atoms with Crippen LogP contribution in [0.3, 0.4) is 0 Å². The molecule has 0 bridgehead atoms. The van der Waals surface area contributed by atoms with Crippen molar-refractivity contribution in [1.82, 2.24) is 4.90 Å². The number of Topliss-reactive ketones (excluding diaryl/α,β-unsaturated/α-hetero) is 1. The molecule has 1 unspecified atom stereocenters. The maximum absolute atomic E-state index is 11.8. The quantitative estimate of drug-likeness (QED) is 0.882. The minimum atomic E-state index is -0.785. The maximum atomic E-state index is 11.8. The normalized spacial score (nSPS) is 19.2. The fourth-order valence-electron chi connectivity index (χ4n) is 2.15. The zero-order valence-electron chi connectivity index (χ0n) is 10.1. The second-order valence-electron chi connectivity index (χ2n) is 4.19. The molecule has 1 aromatic rings. The van der Waals surface area contributed by atoms with Crippen molar-refractivity contribution >= 4 is 23.3 Å². The number of ketones is 1. The number of hydrogen-bond donors (Lipinski definition) is 2. The number of amides is 1. The lowest BCUT2D eigenvalue weighted by Crippen LogP contribution is -2.31. The molecule has 0 aliphatic carbocycles. The molecule has 0 spiro atoms. The summed E-state index contributed by atoms with van der Waals surface area (Å²) >= 11 is 5.79. The van der Waals surface area contributed by atoms with E-state index >= 15 is 0 Å². The van der Waals surface area contributed by atoms with Gasteiger partial charge in [0.25, 0.3) is 5.91 Å². The van der Waals surface area contributed by atoms with E-state index < -0.39 is 30.2 Å². The van der Waals surface area contributed by atoms with E-state index in [0.29, 0.717) is 10.6 Å². The van der Waals surface area contributed by atoms with Crippen LogP contribution in [0.1, 0.15) is 18.5 Å².